The molecule has 0 bridgehead atoms. The first-order valence-corrected chi connectivity index (χ1v) is 12.8. The molecule has 0 spiro atoms. The van der Waals surface area contributed by atoms with E-state index < -0.39 is 10.8 Å². The summed E-state index contributed by atoms with van der Waals surface area (Å²) < 4.78 is 26.1. The molecule has 2 saturated heterocycles. The van der Waals surface area contributed by atoms with Crippen molar-refractivity contribution in [2.75, 3.05) is 61.1 Å². The summed E-state index contributed by atoms with van der Waals surface area (Å²) in [7, 11) is -1.22. The van der Waals surface area contributed by atoms with Crippen molar-refractivity contribution in [3.8, 4) is 0 Å². The molecular weight excluding hydrogens is 451 g/mol. The third kappa shape index (κ3) is 6.26. The lowest BCUT2D eigenvalue weighted by molar-refractivity contribution is 0.0747. The van der Waals surface area contributed by atoms with Crippen LogP contribution < -0.4 is 15.5 Å². The average molecular weight is 487 g/mol. The number of anilines is 3. The molecule has 2 aliphatic rings. The molecule has 2 aromatic carbocycles. The maximum Gasteiger partial charge on any atom is 0.256 e. The van der Waals surface area contributed by atoms with E-state index in [1.54, 1.807) is 18.2 Å². The number of hydrogen-bond acceptors (Lipinski definition) is 5. The summed E-state index contributed by atoms with van der Waals surface area (Å²) >= 11 is 0. The second kappa shape index (κ2) is 12.9. The van der Waals surface area contributed by atoms with Gasteiger partial charge in [-0.2, -0.15) is 0 Å². The Morgan fingerprint density at radius 2 is 1.44 bits per heavy atom. The fourth-order valence-electron chi connectivity index (χ4n) is 4.20. The SMILES string of the molecule is C=C.C=C.CS(=O)c1ccc(N2CCN(C(=O)c3cc(N)ccc3N3CCCC3)CC2)c(F)c1. The van der Waals surface area contributed by atoms with E-state index in [0.29, 0.717) is 48.0 Å². The van der Waals surface area contributed by atoms with Gasteiger partial charge in [-0.05, 0) is 49.2 Å². The van der Waals surface area contributed by atoms with Gasteiger partial charge >= 0.3 is 0 Å². The van der Waals surface area contributed by atoms with Crippen LogP contribution in [0.2, 0.25) is 0 Å². The molecule has 2 N–H and O–H groups in total. The van der Waals surface area contributed by atoms with Gasteiger partial charge in [-0.1, -0.05) is 0 Å². The Labute approximate surface area is 205 Å². The van der Waals surface area contributed by atoms with Crippen LogP contribution in [0.1, 0.15) is 23.2 Å². The summed E-state index contributed by atoms with van der Waals surface area (Å²) in [5, 5.41) is 0. The molecule has 4 rings (SSSR count). The summed E-state index contributed by atoms with van der Waals surface area (Å²) in [6.07, 6.45) is 3.80. The highest BCUT2D eigenvalue weighted by Gasteiger charge is 2.27. The van der Waals surface area contributed by atoms with E-state index in [4.69, 9.17) is 5.73 Å². The van der Waals surface area contributed by atoms with Crippen molar-refractivity contribution in [3.63, 3.8) is 0 Å². The van der Waals surface area contributed by atoms with E-state index in [1.807, 2.05) is 21.9 Å². The minimum absolute atomic E-state index is 0.0268. The monoisotopic (exact) mass is 486 g/mol. The van der Waals surface area contributed by atoms with Gasteiger partial charge in [-0.3, -0.25) is 9.00 Å². The van der Waals surface area contributed by atoms with Gasteiger partial charge < -0.3 is 20.4 Å². The third-order valence-electron chi connectivity index (χ3n) is 5.86. The normalized spacial score (nSPS) is 16.1. The van der Waals surface area contributed by atoms with Gasteiger partial charge in [0.25, 0.3) is 5.91 Å². The zero-order valence-electron chi connectivity index (χ0n) is 20.0. The van der Waals surface area contributed by atoms with Crippen LogP contribution in [-0.4, -0.2) is 60.5 Å². The molecule has 34 heavy (non-hydrogen) atoms. The minimum atomic E-state index is -1.22. The van der Waals surface area contributed by atoms with Crippen molar-refractivity contribution >= 4 is 33.8 Å². The minimum Gasteiger partial charge on any atom is -0.399 e. The number of nitrogens with two attached hydrogens (primary N) is 1. The highest BCUT2D eigenvalue weighted by Crippen LogP contribution is 2.29. The smallest absolute Gasteiger partial charge is 0.256 e. The highest BCUT2D eigenvalue weighted by atomic mass is 32.2. The molecule has 2 aromatic rings. The second-order valence-electron chi connectivity index (χ2n) is 7.82. The molecule has 0 saturated carbocycles. The van der Waals surface area contributed by atoms with Crippen molar-refractivity contribution in [1.82, 2.24) is 4.90 Å². The van der Waals surface area contributed by atoms with Crippen molar-refractivity contribution in [2.24, 2.45) is 0 Å². The number of carbonyl (C=O) groups is 1. The topological polar surface area (TPSA) is 69.9 Å². The number of halogens is 1. The fourth-order valence-corrected chi connectivity index (χ4v) is 4.73. The molecule has 1 unspecified atom stereocenters. The van der Waals surface area contributed by atoms with Crippen LogP contribution in [0.4, 0.5) is 21.5 Å². The number of piperazine rings is 1. The average Bonchev–Trinajstić information content (AvgIpc) is 3.41. The molecule has 0 radical (unpaired) electrons. The fraction of sp³-hybridized carbons (Fsp3) is 0.346. The van der Waals surface area contributed by atoms with Crippen LogP contribution in [0.15, 0.2) is 67.6 Å². The molecule has 184 valence electrons. The van der Waals surface area contributed by atoms with Crippen molar-refractivity contribution in [1.29, 1.82) is 0 Å². The van der Waals surface area contributed by atoms with E-state index in [1.165, 1.54) is 12.3 Å². The highest BCUT2D eigenvalue weighted by molar-refractivity contribution is 7.84. The van der Waals surface area contributed by atoms with Crippen LogP contribution in [0.3, 0.4) is 0 Å². The molecule has 2 fully saturated rings. The molecule has 1 atom stereocenters. The van der Waals surface area contributed by atoms with E-state index in [9.17, 15) is 13.4 Å². The number of carbonyl (C=O) groups excluding carboxylic acids is 1. The van der Waals surface area contributed by atoms with Gasteiger partial charge in [0.05, 0.1) is 11.3 Å². The standard InChI is InChI=1S/C22H27FN4O2S.2C2H4/c1-30(29)17-5-7-21(19(23)15-17)26-10-12-27(13-11-26)22(28)18-14-16(24)4-6-20(18)25-8-2-3-9-25;2*1-2/h4-7,14-15H,2-3,8-13,24H2,1H3;2*1-2H2. The lowest BCUT2D eigenvalue weighted by Crippen LogP contribution is -2.49. The molecule has 2 heterocycles. The summed E-state index contributed by atoms with van der Waals surface area (Å²) in [5.41, 5.74) is 8.64. The number of rotatable bonds is 4. The molecule has 2 aliphatic heterocycles. The van der Waals surface area contributed by atoms with Crippen LogP contribution in [-0.2, 0) is 10.8 Å². The van der Waals surface area contributed by atoms with Gasteiger partial charge in [0.1, 0.15) is 5.82 Å². The number of nitrogens with zero attached hydrogens (tertiary/aromatic N) is 3. The Balaban J connectivity index is 0.000000970. The first-order valence-electron chi connectivity index (χ1n) is 11.3. The van der Waals surface area contributed by atoms with Crippen molar-refractivity contribution in [3.05, 3.63) is 74.1 Å². The Kier molecular flexibility index (Phi) is 10.3. The lowest BCUT2D eigenvalue weighted by atomic mass is 10.1. The summed E-state index contributed by atoms with van der Waals surface area (Å²) in [4.78, 5) is 19.7. The molecule has 1 amide bonds. The second-order valence-corrected chi connectivity index (χ2v) is 9.20. The predicted molar refractivity (Wildman–Crippen MR) is 142 cm³/mol. The van der Waals surface area contributed by atoms with Crippen LogP contribution >= 0.6 is 0 Å². The van der Waals surface area contributed by atoms with Gasteiger partial charge in [-0.25, -0.2) is 4.39 Å². The van der Waals surface area contributed by atoms with Crippen LogP contribution in [0, 0.1) is 5.82 Å². The zero-order valence-corrected chi connectivity index (χ0v) is 20.8. The number of benzene rings is 2. The summed E-state index contributed by atoms with van der Waals surface area (Å²) in [6.45, 7) is 16.0. The molecule has 6 nitrogen and oxygen atoms in total. The maximum atomic E-state index is 14.5. The Morgan fingerprint density at radius 1 is 0.882 bits per heavy atom. The van der Waals surface area contributed by atoms with E-state index in [-0.39, 0.29) is 11.7 Å². The maximum absolute atomic E-state index is 14.5. The molecule has 0 aliphatic carbocycles. The van der Waals surface area contributed by atoms with E-state index in [0.717, 1.165) is 31.6 Å². The molecular formula is C26H35FN4O2S. The Bertz CT molecular complexity index is 1000. The first-order chi connectivity index (χ1) is 16.4. The van der Waals surface area contributed by atoms with Crippen molar-refractivity contribution < 1.29 is 13.4 Å². The summed E-state index contributed by atoms with van der Waals surface area (Å²) in [5.74, 6) is -0.407. The third-order valence-corrected chi connectivity index (χ3v) is 6.77. The van der Waals surface area contributed by atoms with Crippen LogP contribution in [0.25, 0.3) is 0 Å². The largest absolute Gasteiger partial charge is 0.399 e. The van der Waals surface area contributed by atoms with Crippen LogP contribution in [0.5, 0.6) is 0 Å². The van der Waals surface area contributed by atoms with Gasteiger partial charge in [0.2, 0.25) is 0 Å². The predicted octanol–water partition coefficient (Wildman–Crippen LogP) is 4.31. The van der Waals surface area contributed by atoms with Gasteiger partial charge in [0.15, 0.2) is 0 Å². The first kappa shape index (κ1) is 27.1. The van der Waals surface area contributed by atoms with E-state index in [2.05, 4.69) is 31.2 Å². The van der Waals surface area contributed by atoms with E-state index >= 15 is 0 Å². The quantitative estimate of drug-likeness (QED) is 0.515. The Hall–Kier alpha value is -3.13. The summed E-state index contributed by atoms with van der Waals surface area (Å²) in [6, 6.07) is 10.3. The molecule has 8 heteroatoms. The number of hydrogen-bond donors (Lipinski definition) is 1. The lowest BCUT2D eigenvalue weighted by Gasteiger charge is -2.37. The molecule has 0 aromatic heterocycles. The Morgan fingerprint density at radius 3 is 2.00 bits per heavy atom. The number of nitrogen functional groups attached to an aromatic ring is 1. The van der Waals surface area contributed by atoms with Gasteiger partial charge in [0, 0.05) is 72.6 Å². The number of amides is 1. The zero-order chi connectivity index (χ0) is 25.3. The van der Waals surface area contributed by atoms with Gasteiger partial charge in [-0.15, -0.1) is 26.3 Å². The van der Waals surface area contributed by atoms with Crippen molar-refractivity contribution in [2.45, 2.75) is 17.7 Å².